The van der Waals surface area contributed by atoms with E-state index in [1.165, 1.54) is 12.1 Å². The molecule has 7 heteroatoms. The van der Waals surface area contributed by atoms with E-state index in [1.807, 2.05) is 18.2 Å². The lowest BCUT2D eigenvalue weighted by atomic mass is 10.0. The molecule has 2 aromatic rings. The molecule has 0 N–H and O–H groups in total. The van der Waals surface area contributed by atoms with Crippen molar-refractivity contribution in [2.75, 3.05) is 27.4 Å². The van der Waals surface area contributed by atoms with Crippen molar-refractivity contribution < 1.29 is 23.4 Å². The Bertz CT molecular complexity index is 830. The van der Waals surface area contributed by atoms with Crippen LogP contribution in [-0.4, -0.2) is 38.2 Å². The molecular weight excluding hydrogens is 373 g/mol. The predicted octanol–water partition coefficient (Wildman–Crippen LogP) is 4.24. The Morgan fingerprint density at radius 2 is 1.89 bits per heavy atom. The molecule has 2 aromatic carbocycles. The molecule has 1 aliphatic heterocycles. The summed E-state index contributed by atoms with van der Waals surface area (Å²) in [6.07, 6.45) is 1.76. The smallest absolute Gasteiger partial charge is 0.261 e. The summed E-state index contributed by atoms with van der Waals surface area (Å²) in [6.45, 7) is 0.494. The molecule has 1 aliphatic rings. The molecule has 1 heterocycles. The topological polar surface area (TPSA) is 48.0 Å². The van der Waals surface area contributed by atoms with Gasteiger partial charge in [0.15, 0.2) is 18.1 Å². The largest absolute Gasteiger partial charge is 0.493 e. The van der Waals surface area contributed by atoms with Crippen LogP contribution in [0.4, 0.5) is 4.39 Å². The monoisotopic (exact) mass is 393 g/mol. The zero-order valence-electron chi connectivity index (χ0n) is 15.2. The first-order chi connectivity index (χ1) is 13.0. The van der Waals surface area contributed by atoms with Crippen LogP contribution >= 0.6 is 11.6 Å². The highest BCUT2D eigenvalue weighted by Crippen LogP contribution is 2.37. The Labute approximate surface area is 162 Å². The summed E-state index contributed by atoms with van der Waals surface area (Å²) >= 11 is 5.94. The number of hydrogen-bond donors (Lipinski definition) is 0. The standard InChI is InChI=1S/C20H21ClFNO4/c1-25-18-7-5-13(10-19(18)26-2)16-4-3-9-23(16)20(24)12-27-17-8-6-14(22)11-15(17)21/h5-8,10-11,16H,3-4,9,12H2,1-2H3/t16-/m1/s1. The lowest BCUT2D eigenvalue weighted by molar-refractivity contribution is -0.134. The van der Waals surface area contributed by atoms with Crippen molar-refractivity contribution >= 4 is 17.5 Å². The number of hydrogen-bond acceptors (Lipinski definition) is 4. The van der Waals surface area contributed by atoms with Gasteiger partial charge in [0.1, 0.15) is 11.6 Å². The lowest BCUT2D eigenvalue weighted by Crippen LogP contribution is -2.34. The fourth-order valence-corrected chi connectivity index (χ4v) is 3.51. The molecule has 3 rings (SSSR count). The minimum atomic E-state index is -0.452. The van der Waals surface area contributed by atoms with Gasteiger partial charge in [0.2, 0.25) is 0 Å². The number of likely N-dealkylation sites (tertiary alicyclic amines) is 1. The Morgan fingerprint density at radius 1 is 1.15 bits per heavy atom. The Kier molecular flexibility index (Phi) is 6.06. The van der Waals surface area contributed by atoms with Gasteiger partial charge in [0.25, 0.3) is 5.91 Å². The van der Waals surface area contributed by atoms with Gasteiger partial charge in [-0.15, -0.1) is 0 Å². The van der Waals surface area contributed by atoms with E-state index in [9.17, 15) is 9.18 Å². The van der Waals surface area contributed by atoms with Crippen LogP contribution in [0.2, 0.25) is 5.02 Å². The Hall–Kier alpha value is -2.47. The van der Waals surface area contributed by atoms with E-state index in [4.69, 9.17) is 25.8 Å². The maximum absolute atomic E-state index is 13.1. The summed E-state index contributed by atoms with van der Waals surface area (Å²) in [5.74, 6) is 0.961. The minimum Gasteiger partial charge on any atom is -0.493 e. The van der Waals surface area contributed by atoms with Crippen LogP contribution in [0.1, 0.15) is 24.4 Å². The Morgan fingerprint density at radius 3 is 2.59 bits per heavy atom. The summed E-state index contributed by atoms with van der Waals surface area (Å²) in [5, 5.41) is 0.140. The second kappa shape index (κ2) is 8.48. The van der Waals surface area contributed by atoms with Crippen LogP contribution in [0.3, 0.4) is 0 Å². The summed E-state index contributed by atoms with van der Waals surface area (Å²) in [4.78, 5) is 14.5. The minimum absolute atomic E-state index is 0.0513. The van der Waals surface area contributed by atoms with Crippen molar-refractivity contribution in [3.05, 3.63) is 52.8 Å². The molecule has 144 valence electrons. The summed E-state index contributed by atoms with van der Waals surface area (Å²) in [5.41, 5.74) is 0.985. The molecular formula is C20H21ClFNO4. The highest BCUT2D eigenvalue weighted by Gasteiger charge is 2.30. The number of benzene rings is 2. The quantitative estimate of drug-likeness (QED) is 0.736. The zero-order valence-corrected chi connectivity index (χ0v) is 16.0. The van der Waals surface area contributed by atoms with Crippen LogP contribution in [0, 0.1) is 5.82 Å². The van der Waals surface area contributed by atoms with E-state index in [1.54, 1.807) is 19.1 Å². The SMILES string of the molecule is COc1ccc([C@H]2CCCN2C(=O)COc2ccc(F)cc2Cl)cc1OC. The van der Waals surface area contributed by atoms with Crippen LogP contribution in [0.5, 0.6) is 17.2 Å². The van der Waals surface area contributed by atoms with E-state index in [2.05, 4.69) is 0 Å². The molecule has 0 aliphatic carbocycles. The summed E-state index contributed by atoms with van der Waals surface area (Å²) < 4.78 is 29.2. The van der Waals surface area contributed by atoms with Gasteiger partial charge in [0.05, 0.1) is 25.3 Å². The van der Waals surface area contributed by atoms with Gasteiger partial charge in [0, 0.05) is 6.54 Å². The van der Waals surface area contributed by atoms with Crippen LogP contribution in [0.25, 0.3) is 0 Å². The van der Waals surface area contributed by atoms with Crippen LogP contribution in [0.15, 0.2) is 36.4 Å². The predicted molar refractivity (Wildman–Crippen MR) is 100 cm³/mol. The first kappa shape index (κ1) is 19.3. The first-order valence-corrected chi connectivity index (χ1v) is 9.00. The van der Waals surface area contributed by atoms with Crippen LogP contribution in [-0.2, 0) is 4.79 Å². The average molecular weight is 394 g/mol. The third-order valence-electron chi connectivity index (χ3n) is 4.61. The second-order valence-electron chi connectivity index (χ2n) is 6.22. The van der Waals surface area contributed by atoms with Crippen molar-refractivity contribution in [1.29, 1.82) is 0 Å². The molecule has 1 saturated heterocycles. The highest BCUT2D eigenvalue weighted by molar-refractivity contribution is 6.32. The summed E-state index contributed by atoms with van der Waals surface area (Å²) in [7, 11) is 3.17. The zero-order chi connectivity index (χ0) is 19.4. The number of nitrogens with zero attached hydrogens (tertiary/aromatic N) is 1. The van der Waals surface area contributed by atoms with E-state index < -0.39 is 5.82 Å². The number of carbonyl (C=O) groups excluding carboxylic acids is 1. The molecule has 0 saturated carbocycles. The number of carbonyl (C=O) groups is 1. The fraction of sp³-hybridized carbons (Fsp3) is 0.350. The van der Waals surface area contributed by atoms with E-state index in [0.717, 1.165) is 24.5 Å². The van der Waals surface area contributed by atoms with Gasteiger partial charge in [-0.3, -0.25) is 4.79 Å². The van der Waals surface area contributed by atoms with Gasteiger partial charge < -0.3 is 19.1 Å². The van der Waals surface area contributed by atoms with E-state index >= 15 is 0 Å². The molecule has 0 aromatic heterocycles. The van der Waals surface area contributed by atoms with Gasteiger partial charge >= 0.3 is 0 Å². The molecule has 0 bridgehead atoms. The third kappa shape index (κ3) is 4.27. The fourth-order valence-electron chi connectivity index (χ4n) is 3.29. The van der Waals surface area contributed by atoms with Gasteiger partial charge in [-0.2, -0.15) is 0 Å². The van der Waals surface area contributed by atoms with E-state index in [-0.39, 0.29) is 29.3 Å². The molecule has 5 nitrogen and oxygen atoms in total. The highest BCUT2D eigenvalue weighted by atomic mass is 35.5. The normalized spacial score (nSPS) is 16.3. The summed E-state index contributed by atoms with van der Waals surface area (Å²) in [6, 6.07) is 9.44. The van der Waals surface area contributed by atoms with Crippen molar-refractivity contribution in [3.8, 4) is 17.2 Å². The second-order valence-corrected chi connectivity index (χ2v) is 6.63. The molecule has 0 spiro atoms. The maximum Gasteiger partial charge on any atom is 0.261 e. The molecule has 1 fully saturated rings. The number of rotatable bonds is 6. The molecule has 0 radical (unpaired) electrons. The van der Waals surface area contributed by atoms with Crippen molar-refractivity contribution in [2.24, 2.45) is 0 Å². The van der Waals surface area contributed by atoms with Crippen molar-refractivity contribution in [3.63, 3.8) is 0 Å². The Balaban J connectivity index is 1.71. The lowest BCUT2D eigenvalue weighted by Gasteiger charge is -2.26. The maximum atomic E-state index is 13.1. The number of ether oxygens (including phenoxy) is 3. The molecule has 1 amide bonds. The van der Waals surface area contributed by atoms with Crippen molar-refractivity contribution in [1.82, 2.24) is 4.90 Å². The third-order valence-corrected chi connectivity index (χ3v) is 4.91. The molecule has 27 heavy (non-hydrogen) atoms. The van der Waals surface area contributed by atoms with Gasteiger partial charge in [-0.05, 0) is 48.7 Å². The van der Waals surface area contributed by atoms with Crippen LogP contribution < -0.4 is 14.2 Å². The number of methoxy groups -OCH3 is 2. The number of halogens is 2. The average Bonchev–Trinajstić information content (AvgIpc) is 3.16. The first-order valence-electron chi connectivity index (χ1n) is 8.62. The van der Waals surface area contributed by atoms with Gasteiger partial charge in [-0.1, -0.05) is 17.7 Å². The molecule has 1 atom stereocenters. The number of amides is 1. The van der Waals surface area contributed by atoms with Crippen molar-refractivity contribution in [2.45, 2.75) is 18.9 Å². The van der Waals surface area contributed by atoms with Gasteiger partial charge in [-0.25, -0.2) is 4.39 Å². The molecule has 0 unspecified atom stereocenters. The van der Waals surface area contributed by atoms with E-state index in [0.29, 0.717) is 18.0 Å².